The molecule has 3 rings (SSSR count). The molecular formula is C14H16N4O2S. The standard InChI is InChI=1S/C14H16N4O2S/c1-17-11-5-3-2-4-10(11)12(13(17)19)15-16-14(21)18-6-8-20-9-7-18/h2-5,19H,6-9H2,1H3. The Morgan fingerprint density at radius 2 is 2.00 bits per heavy atom. The molecule has 0 amide bonds. The molecule has 1 aliphatic rings. The van der Waals surface area contributed by atoms with E-state index in [1.165, 1.54) is 0 Å². The van der Waals surface area contributed by atoms with Crippen LogP contribution >= 0.6 is 12.2 Å². The number of thiocarbonyl (C=S) groups is 1. The third-order valence-corrected chi connectivity index (χ3v) is 3.91. The summed E-state index contributed by atoms with van der Waals surface area (Å²) in [6.45, 7) is 2.74. The SMILES string of the molecule is Cn1c(O)c(N=NC(=S)N2CCOCC2)c2ccccc21. The third-order valence-electron chi connectivity index (χ3n) is 3.57. The van der Waals surface area contributed by atoms with Crippen LogP contribution in [0.15, 0.2) is 34.5 Å². The molecule has 21 heavy (non-hydrogen) atoms. The van der Waals surface area contributed by atoms with Crippen LogP contribution in [0.4, 0.5) is 5.69 Å². The van der Waals surface area contributed by atoms with Crippen LogP contribution in [0.3, 0.4) is 0 Å². The molecule has 7 heteroatoms. The molecule has 1 aromatic heterocycles. The molecule has 0 bridgehead atoms. The van der Waals surface area contributed by atoms with E-state index in [0.717, 1.165) is 24.0 Å². The van der Waals surface area contributed by atoms with Crippen molar-refractivity contribution in [3.8, 4) is 5.88 Å². The average molecular weight is 304 g/mol. The van der Waals surface area contributed by atoms with Crippen molar-refractivity contribution in [2.75, 3.05) is 26.3 Å². The van der Waals surface area contributed by atoms with Gasteiger partial charge in [0.15, 0.2) is 5.69 Å². The maximum absolute atomic E-state index is 10.2. The molecule has 1 N–H and O–H groups in total. The first-order chi connectivity index (χ1) is 10.2. The van der Waals surface area contributed by atoms with Crippen LogP contribution in [-0.4, -0.2) is 46.0 Å². The van der Waals surface area contributed by atoms with Gasteiger partial charge in [-0.1, -0.05) is 18.2 Å². The summed E-state index contributed by atoms with van der Waals surface area (Å²) in [6.07, 6.45) is 0. The van der Waals surface area contributed by atoms with Crippen LogP contribution in [0.1, 0.15) is 0 Å². The Balaban J connectivity index is 1.89. The fraction of sp³-hybridized carbons (Fsp3) is 0.357. The highest BCUT2D eigenvalue weighted by Gasteiger charge is 2.16. The maximum Gasteiger partial charge on any atom is 0.220 e. The van der Waals surface area contributed by atoms with Crippen molar-refractivity contribution in [3.63, 3.8) is 0 Å². The lowest BCUT2D eigenvalue weighted by Crippen LogP contribution is -2.38. The predicted molar refractivity (Wildman–Crippen MR) is 84.1 cm³/mol. The number of fused-ring (bicyclic) bond motifs is 1. The van der Waals surface area contributed by atoms with Gasteiger partial charge in [0.05, 0.1) is 18.7 Å². The molecule has 1 aliphatic heterocycles. The van der Waals surface area contributed by atoms with Gasteiger partial charge in [-0.25, -0.2) is 0 Å². The molecule has 1 aromatic carbocycles. The summed E-state index contributed by atoms with van der Waals surface area (Å²) in [5.41, 5.74) is 1.35. The number of morpholine rings is 1. The largest absolute Gasteiger partial charge is 0.493 e. The highest BCUT2D eigenvalue weighted by molar-refractivity contribution is 7.80. The van der Waals surface area contributed by atoms with Gasteiger partial charge in [-0.3, -0.25) is 0 Å². The second-order valence-electron chi connectivity index (χ2n) is 4.83. The van der Waals surface area contributed by atoms with E-state index in [2.05, 4.69) is 10.2 Å². The number of rotatable bonds is 1. The molecule has 0 saturated carbocycles. The number of aryl methyl sites for hydroxylation is 1. The first kappa shape index (κ1) is 14.0. The van der Waals surface area contributed by atoms with Crippen molar-refractivity contribution in [2.24, 2.45) is 17.3 Å². The molecule has 1 saturated heterocycles. The zero-order valence-electron chi connectivity index (χ0n) is 11.7. The van der Waals surface area contributed by atoms with E-state index in [0.29, 0.717) is 24.0 Å². The van der Waals surface area contributed by atoms with Crippen LogP contribution in [0, 0.1) is 0 Å². The average Bonchev–Trinajstić information content (AvgIpc) is 2.78. The molecular weight excluding hydrogens is 288 g/mol. The van der Waals surface area contributed by atoms with Crippen molar-refractivity contribution in [1.82, 2.24) is 9.47 Å². The minimum Gasteiger partial charge on any atom is -0.493 e. The van der Waals surface area contributed by atoms with E-state index in [-0.39, 0.29) is 5.88 Å². The molecule has 0 atom stereocenters. The molecule has 110 valence electrons. The Kier molecular flexibility index (Phi) is 3.85. The molecule has 0 spiro atoms. The van der Waals surface area contributed by atoms with Gasteiger partial charge >= 0.3 is 0 Å². The Morgan fingerprint density at radius 3 is 2.76 bits per heavy atom. The van der Waals surface area contributed by atoms with Gasteiger partial charge in [0.1, 0.15) is 0 Å². The zero-order valence-corrected chi connectivity index (χ0v) is 12.5. The molecule has 0 radical (unpaired) electrons. The number of azo groups is 1. The number of aromatic hydroxyl groups is 1. The van der Waals surface area contributed by atoms with Gasteiger partial charge in [-0.2, -0.15) is 0 Å². The Labute approximate surface area is 127 Å². The number of nitrogens with zero attached hydrogens (tertiary/aromatic N) is 4. The van der Waals surface area contributed by atoms with Crippen molar-refractivity contribution >= 4 is 33.9 Å². The van der Waals surface area contributed by atoms with E-state index < -0.39 is 0 Å². The Morgan fingerprint density at radius 1 is 1.29 bits per heavy atom. The summed E-state index contributed by atoms with van der Waals surface area (Å²) in [5, 5.41) is 19.7. The number of benzene rings is 1. The van der Waals surface area contributed by atoms with Crippen molar-refractivity contribution in [2.45, 2.75) is 0 Å². The van der Waals surface area contributed by atoms with Crippen molar-refractivity contribution < 1.29 is 9.84 Å². The number of hydrogen-bond acceptors (Lipinski definition) is 4. The van der Waals surface area contributed by atoms with Crippen LogP contribution in [-0.2, 0) is 11.8 Å². The molecule has 6 nitrogen and oxygen atoms in total. The predicted octanol–water partition coefficient (Wildman–Crippen LogP) is 2.58. The molecule has 0 aliphatic carbocycles. The van der Waals surface area contributed by atoms with E-state index in [4.69, 9.17) is 17.0 Å². The smallest absolute Gasteiger partial charge is 0.220 e. The summed E-state index contributed by atoms with van der Waals surface area (Å²) >= 11 is 5.27. The van der Waals surface area contributed by atoms with Crippen molar-refractivity contribution in [1.29, 1.82) is 0 Å². The quantitative estimate of drug-likeness (QED) is 0.650. The van der Waals surface area contributed by atoms with Crippen LogP contribution in [0.25, 0.3) is 10.9 Å². The highest BCUT2D eigenvalue weighted by Crippen LogP contribution is 2.37. The lowest BCUT2D eigenvalue weighted by Gasteiger charge is -2.26. The molecule has 2 heterocycles. The minimum absolute atomic E-state index is 0.0877. The van der Waals surface area contributed by atoms with Gasteiger partial charge in [-0.05, 0) is 18.3 Å². The van der Waals surface area contributed by atoms with Crippen LogP contribution < -0.4 is 0 Å². The normalized spacial score (nSPS) is 16.0. The second-order valence-corrected chi connectivity index (χ2v) is 5.20. The van der Waals surface area contributed by atoms with E-state index >= 15 is 0 Å². The Bertz CT molecular complexity index is 704. The summed E-state index contributed by atoms with van der Waals surface area (Å²) in [4.78, 5) is 1.95. The fourth-order valence-corrected chi connectivity index (χ4v) is 2.59. The van der Waals surface area contributed by atoms with Gasteiger partial charge < -0.3 is 19.3 Å². The highest BCUT2D eigenvalue weighted by atomic mass is 32.1. The number of para-hydroxylation sites is 1. The van der Waals surface area contributed by atoms with Crippen molar-refractivity contribution in [3.05, 3.63) is 24.3 Å². The van der Waals surface area contributed by atoms with Gasteiger partial charge in [0.2, 0.25) is 11.0 Å². The lowest BCUT2D eigenvalue weighted by atomic mass is 10.2. The topological polar surface area (TPSA) is 62.3 Å². The first-order valence-corrected chi connectivity index (χ1v) is 7.14. The van der Waals surface area contributed by atoms with Gasteiger partial charge in [-0.15, -0.1) is 10.2 Å². The van der Waals surface area contributed by atoms with Crippen LogP contribution in [0.5, 0.6) is 5.88 Å². The summed E-state index contributed by atoms with van der Waals surface area (Å²) < 4.78 is 6.96. The third kappa shape index (κ3) is 2.62. The zero-order chi connectivity index (χ0) is 14.8. The summed E-state index contributed by atoms with van der Waals surface area (Å²) in [7, 11) is 1.79. The van der Waals surface area contributed by atoms with Gasteiger partial charge in [0, 0.05) is 25.5 Å². The van der Waals surface area contributed by atoms with Crippen LogP contribution in [0.2, 0.25) is 0 Å². The Hall–Kier alpha value is -1.99. The summed E-state index contributed by atoms with van der Waals surface area (Å²) in [5.74, 6) is 0.0877. The second kappa shape index (κ2) is 5.79. The first-order valence-electron chi connectivity index (χ1n) is 6.73. The fourth-order valence-electron chi connectivity index (χ4n) is 2.37. The number of hydrogen-bond donors (Lipinski definition) is 1. The minimum atomic E-state index is 0.0877. The lowest BCUT2D eigenvalue weighted by molar-refractivity contribution is 0.0685. The number of ether oxygens (including phenoxy) is 1. The number of aromatic nitrogens is 1. The summed E-state index contributed by atoms with van der Waals surface area (Å²) in [6, 6.07) is 7.65. The van der Waals surface area contributed by atoms with E-state index in [9.17, 15) is 5.11 Å². The molecule has 1 fully saturated rings. The maximum atomic E-state index is 10.2. The molecule has 0 unspecified atom stereocenters. The van der Waals surface area contributed by atoms with Gasteiger partial charge in [0.25, 0.3) is 0 Å². The van der Waals surface area contributed by atoms with E-state index in [1.807, 2.05) is 29.2 Å². The van der Waals surface area contributed by atoms with E-state index in [1.54, 1.807) is 11.6 Å². The molecule has 2 aromatic rings. The monoisotopic (exact) mass is 304 g/mol.